The Bertz CT molecular complexity index is 563. The molecule has 0 spiro atoms. The molecule has 118 valence electrons. The van der Waals surface area contributed by atoms with Gasteiger partial charge in [0.25, 0.3) is 0 Å². The minimum atomic E-state index is 0. The van der Waals surface area contributed by atoms with Gasteiger partial charge in [-0.2, -0.15) is 0 Å². The van der Waals surface area contributed by atoms with Crippen LogP contribution in [0.15, 0.2) is 54.6 Å². The predicted molar refractivity (Wildman–Crippen MR) is 96.1 cm³/mol. The zero-order valence-corrected chi connectivity index (χ0v) is 14.4. The molecule has 1 fully saturated rings. The monoisotopic (exact) mass is 336 g/mol. The van der Waals surface area contributed by atoms with E-state index in [4.69, 9.17) is 11.6 Å². The van der Waals surface area contributed by atoms with E-state index in [0.29, 0.717) is 6.04 Å². The predicted octanol–water partition coefficient (Wildman–Crippen LogP) is 4.10. The highest BCUT2D eigenvalue weighted by Gasteiger charge is 2.25. The van der Waals surface area contributed by atoms with Gasteiger partial charge < -0.3 is 4.90 Å². The Balaban J connectivity index is 0.00000176. The van der Waals surface area contributed by atoms with Crippen LogP contribution in [0.2, 0.25) is 5.02 Å². The molecule has 1 atom stereocenters. The number of piperazine rings is 1. The van der Waals surface area contributed by atoms with E-state index in [1.54, 1.807) is 0 Å². The Kier molecular flexibility index (Phi) is 6.27. The van der Waals surface area contributed by atoms with E-state index in [-0.39, 0.29) is 12.4 Å². The summed E-state index contributed by atoms with van der Waals surface area (Å²) in [7, 11) is 2.19. The molecule has 1 heterocycles. The molecule has 0 saturated carbocycles. The topological polar surface area (TPSA) is 6.48 Å². The SMILES string of the molecule is CN1CCN([C@H](c2ccccc2)c2ccc(Cl)cc2)CC1.Cl. The number of rotatable bonds is 3. The summed E-state index contributed by atoms with van der Waals surface area (Å²) in [5.74, 6) is 0. The zero-order chi connectivity index (χ0) is 14.7. The molecule has 1 saturated heterocycles. The van der Waals surface area contributed by atoms with Gasteiger partial charge in [-0.1, -0.05) is 54.1 Å². The summed E-state index contributed by atoms with van der Waals surface area (Å²) in [5.41, 5.74) is 2.67. The van der Waals surface area contributed by atoms with Crippen molar-refractivity contribution in [1.29, 1.82) is 0 Å². The molecule has 2 aromatic carbocycles. The molecule has 3 rings (SSSR count). The van der Waals surface area contributed by atoms with Gasteiger partial charge in [-0.25, -0.2) is 0 Å². The molecule has 0 bridgehead atoms. The highest BCUT2D eigenvalue weighted by Crippen LogP contribution is 2.30. The quantitative estimate of drug-likeness (QED) is 0.832. The normalized spacial score (nSPS) is 17.7. The standard InChI is InChI=1S/C18H21ClN2.ClH/c1-20-11-13-21(14-12-20)18(15-5-3-2-4-6-15)16-7-9-17(19)10-8-16;/h2-10,18H,11-14H2,1H3;1H/t18-;/m1./s1. The molecule has 1 aliphatic heterocycles. The number of hydrogen-bond acceptors (Lipinski definition) is 2. The molecule has 2 aromatic rings. The van der Waals surface area contributed by atoms with Crippen LogP contribution in [0.5, 0.6) is 0 Å². The third-order valence-electron chi connectivity index (χ3n) is 4.20. The van der Waals surface area contributed by atoms with Gasteiger partial charge in [-0.3, -0.25) is 4.90 Å². The average Bonchev–Trinajstić information content (AvgIpc) is 2.52. The summed E-state index contributed by atoms with van der Waals surface area (Å²) >= 11 is 6.05. The van der Waals surface area contributed by atoms with Crippen molar-refractivity contribution in [1.82, 2.24) is 9.80 Å². The first-order chi connectivity index (χ1) is 10.2. The van der Waals surface area contributed by atoms with Crippen molar-refractivity contribution in [2.45, 2.75) is 6.04 Å². The lowest BCUT2D eigenvalue weighted by Gasteiger charge is -2.38. The number of benzene rings is 2. The van der Waals surface area contributed by atoms with Gasteiger partial charge in [0.1, 0.15) is 0 Å². The van der Waals surface area contributed by atoms with Crippen molar-refractivity contribution in [3.8, 4) is 0 Å². The Labute approximate surface area is 144 Å². The second-order valence-corrected chi connectivity index (χ2v) is 6.14. The maximum atomic E-state index is 6.05. The molecule has 0 unspecified atom stereocenters. The minimum Gasteiger partial charge on any atom is -0.304 e. The van der Waals surface area contributed by atoms with Gasteiger partial charge in [-0.15, -0.1) is 12.4 Å². The summed E-state index contributed by atoms with van der Waals surface area (Å²) in [6.45, 7) is 4.44. The van der Waals surface area contributed by atoms with Gasteiger partial charge in [-0.05, 0) is 30.3 Å². The Morgan fingerprint density at radius 2 is 1.36 bits per heavy atom. The van der Waals surface area contributed by atoms with E-state index in [9.17, 15) is 0 Å². The maximum Gasteiger partial charge on any atom is 0.0602 e. The average molecular weight is 337 g/mol. The van der Waals surface area contributed by atoms with E-state index in [1.165, 1.54) is 11.1 Å². The van der Waals surface area contributed by atoms with Crippen molar-refractivity contribution in [2.75, 3.05) is 33.2 Å². The lowest BCUT2D eigenvalue weighted by atomic mass is 9.96. The fourth-order valence-corrected chi connectivity index (χ4v) is 3.10. The minimum absolute atomic E-state index is 0. The van der Waals surface area contributed by atoms with Gasteiger partial charge in [0.15, 0.2) is 0 Å². The van der Waals surface area contributed by atoms with Crippen LogP contribution in [0.4, 0.5) is 0 Å². The van der Waals surface area contributed by atoms with Crippen LogP contribution in [0, 0.1) is 0 Å². The summed E-state index contributed by atoms with van der Waals surface area (Å²) in [6, 6.07) is 19.4. The first-order valence-corrected chi connectivity index (χ1v) is 7.85. The molecule has 4 heteroatoms. The molecule has 0 aliphatic carbocycles. The molecular weight excluding hydrogens is 315 g/mol. The first-order valence-electron chi connectivity index (χ1n) is 7.47. The molecular formula is C18H22Cl2N2. The Hall–Kier alpha value is -1.06. The molecule has 22 heavy (non-hydrogen) atoms. The summed E-state index contributed by atoms with van der Waals surface area (Å²) in [5, 5.41) is 0.795. The smallest absolute Gasteiger partial charge is 0.0602 e. The van der Waals surface area contributed by atoms with Crippen LogP contribution in [-0.4, -0.2) is 43.0 Å². The van der Waals surface area contributed by atoms with Crippen LogP contribution < -0.4 is 0 Å². The van der Waals surface area contributed by atoms with Crippen LogP contribution in [0.3, 0.4) is 0 Å². The van der Waals surface area contributed by atoms with Crippen LogP contribution in [0.1, 0.15) is 17.2 Å². The van der Waals surface area contributed by atoms with E-state index in [0.717, 1.165) is 31.2 Å². The van der Waals surface area contributed by atoms with Gasteiger partial charge in [0.2, 0.25) is 0 Å². The van der Waals surface area contributed by atoms with E-state index in [1.807, 2.05) is 12.1 Å². The van der Waals surface area contributed by atoms with Crippen LogP contribution in [-0.2, 0) is 0 Å². The number of nitrogens with zero attached hydrogens (tertiary/aromatic N) is 2. The molecule has 1 aliphatic rings. The molecule has 0 N–H and O–H groups in total. The lowest BCUT2D eigenvalue weighted by Crippen LogP contribution is -2.46. The second kappa shape index (κ2) is 7.98. The molecule has 2 nitrogen and oxygen atoms in total. The highest BCUT2D eigenvalue weighted by molar-refractivity contribution is 6.30. The van der Waals surface area contributed by atoms with Crippen LogP contribution in [0.25, 0.3) is 0 Å². The maximum absolute atomic E-state index is 6.05. The van der Waals surface area contributed by atoms with Gasteiger partial charge >= 0.3 is 0 Å². The van der Waals surface area contributed by atoms with Crippen molar-refractivity contribution >= 4 is 24.0 Å². The fraction of sp³-hybridized carbons (Fsp3) is 0.333. The van der Waals surface area contributed by atoms with Crippen molar-refractivity contribution in [2.24, 2.45) is 0 Å². The van der Waals surface area contributed by atoms with E-state index >= 15 is 0 Å². The Morgan fingerprint density at radius 3 is 1.95 bits per heavy atom. The highest BCUT2D eigenvalue weighted by atomic mass is 35.5. The van der Waals surface area contributed by atoms with Crippen LogP contribution >= 0.6 is 24.0 Å². The summed E-state index contributed by atoms with van der Waals surface area (Å²) in [4.78, 5) is 4.96. The van der Waals surface area contributed by atoms with E-state index in [2.05, 4.69) is 59.3 Å². The van der Waals surface area contributed by atoms with Crippen molar-refractivity contribution in [3.05, 3.63) is 70.7 Å². The molecule has 0 amide bonds. The van der Waals surface area contributed by atoms with E-state index < -0.39 is 0 Å². The van der Waals surface area contributed by atoms with Gasteiger partial charge in [0, 0.05) is 31.2 Å². The number of halogens is 2. The molecule has 0 aromatic heterocycles. The van der Waals surface area contributed by atoms with Crippen molar-refractivity contribution in [3.63, 3.8) is 0 Å². The summed E-state index contributed by atoms with van der Waals surface area (Å²) < 4.78 is 0. The zero-order valence-electron chi connectivity index (χ0n) is 12.8. The fourth-order valence-electron chi connectivity index (χ4n) is 2.97. The molecule has 0 radical (unpaired) electrons. The Morgan fingerprint density at radius 1 is 0.818 bits per heavy atom. The third kappa shape index (κ3) is 4.02. The summed E-state index contributed by atoms with van der Waals surface area (Å²) in [6.07, 6.45) is 0. The number of likely N-dealkylation sites (N-methyl/N-ethyl adjacent to an activating group) is 1. The largest absolute Gasteiger partial charge is 0.304 e. The number of hydrogen-bond donors (Lipinski definition) is 0. The third-order valence-corrected chi connectivity index (χ3v) is 4.46. The van der Waals surface area contributed by atoms with Crippen molar-refractivity contribution < 1.29 is 0 Å². The lowest BCUT2D eigenvalue weighted by molar-refractivity contribution is 0.127. The van der Waals surface area contributed by atoms with Gasteiger partial charge in [0.05, 0.1) is 6.04 Å². The first kappa shape index (κ1) is 17.3. The second-order valence-electron chi connectivity index (χ2n) is 5.70.